The van der Waals surface area contributed by atoms with Crippen molar-refractivity contribution in [2.75, 3.05) is 18.4 Å². The van der Waals surface area contributed by atoms with Crippen molar-refractivity contribution in [3.05, 3.63) is 17.6 Å². The van der Waals surface area contributed by atoms with Crippen LogP contribution >= 0.6 is 11.3 Å². The minimum Gasteiger partial charge on any atom is -0.367 e. The first-order valence-corrected chi connectivity index (χ1v) is 9.85. The molecule has 0 aromatic carbocycles. The average molecular weight is 375 g/mol. The molecule has 1 aliphatic carbocycles. The van der Waals surface area contributed by atoms with Gasteiger partial charge in [0.25, 0.3) is 5.88 Å². The Kier molecular flexibility index (Phi) is 5.14. The summed E-state index contributed by atoms with van der Waals surface area (Å²) in [6.07, 6.45) is 8.17. The molecule has 2 aromatic rings. The quantitative estimate of drug-likeness (QED) is 0.632. The lowest BCUT2D eigenvalue weighted by Gasteiger charge is -2.28. The number of hydrogen-bond donors (Lipinski definition) is 1. The van der Waals surface area contributed by atoms with Gasteiger partial charge in [-0.2, -0.15) is 4.98 Å². The fraction of sp³-hybridized carbons (Fsp3) is 0.529. The highest BCUT2D eigenvalue weighted by molar-refractivity contribution is 7.13. The molecule has 26 heavy (non-hydrogen) atoms. The molecule has 2 aromatic heterocycles. The van der Waals surface area contributed by atoms with E-state index in [2.05, 4.69) is 20.3 Å². The van der Waals surface area contributed by atoms with Crippen molar-refractivity contribution >= 4 is 23.2 Å². The second kappa shape index (κ2) is 7.86. The van der Waals surface area contributed by atoms with Crippen LogP contribution in [-0.4, -0.2) is 45.1 Å². The number of hydrogen-bond acceptors (Lipinski definition) is 8. The summed E-state index contributed by atoms with van der Waals surface area (Å²) >= 11 is 1.45. The molecule has 0 atom stereocenters. The highest BCUT2D eigenvalue weighted by Crippen LogP contribution is 2.26. The minimum absolute atomic E-state index is 0.192. The standard InChI is InChI=1S/C17H21N5O3S/c23-17(22-8-4-9-22)25-24-14-11-13(19-12-5-2-1-3-6-12)20-15(21-14)16-18-7-10-26-16/h7,10-12H,1-6,8-9H2,(H,19,20,21). The van der Waals surface area contributed by atoms with Crippen LogP contribution < -0.4 is 10.2 Å². The molecule has 2 fully saturated rings. The van der Waals surface area contributed by atoms with Crippen molar-refractivity contribution in [2.45, 2.75) is 44.6 Å². The number of amides is 1. The molecule has 4 rings (SSSR count). The summed E-state index contributed by atoms with van der Waals surface area (Å²) in [6, 6.07) is 2.05. The lowest BCUT2D eigenvalue weighted by Crippen LogP contribution is -2.42. The molecule has 1 amide bonds. The maximum Gasteiger partial charge on any atom is 0.452 e. The van der Waals surface area contributed by atoms with Crippen molar-refractivity contribution in [3.63, 3.8) is 0 Å². The van der Waals surface area contributed by atoms with Crippen LogP contribution in [0.2, 0.25) is 0 Å². The SMILES string of the molecule is O=C(OOc1cc(NC2CCCCC2)nc(-c2nccs2)n1)N1CCC1. The summed E-state index contributed by atoms with van der Waals surface area (Å²) in [5, 5.41) is 6.01. The van der Waals surface area contributed by atoms with Gasteiger partial charge in [-0.15, -0.1) is 11.3 Å². The Morgan fingerprint density at radius 1 is 1.19 bits per heavy atom. The summed E-state index contributed by atoms with van der Waals surface area (Å²) in [6.45, 7) is 1.40. The number of rotatable bonds is 5. The molecule has 3 heterocycles. The smallest absolute Gasteiger partial charge is 0.367 e. The summed E-state index contributed by atoms with van der Waals surface area (Å²) in [5.41, 5.74) is 0. The van der Waals surface area contributed by atoms with Gasteiger partial charge in [-0.05, 0) is 19.3 Å². The van der Waals surface area contributed by atoms with Crippen LogP contribution in [0.15, 0.2) is 17.6 Å². The monoisotopic (exact) mass is 375 g/mol. The van der Waals surface area contributed by atoms with Crippen LogP contribution in [0.1, 0.15) is 38.5 Å². The summed E-state index contributed by atoms with van der Waals surface area (Å²) in [4.78, 5) is 36.6. The molecular formula is C17H21N5O3S. The summed E-state index contributed by atoms with van der Waals surface area (Å²) < 4.78 is 0. The van der Waals surface area contributed by atoms with E-state index in [4.69, 9.17) is 9.78 Å². The van der Waals surface area contributed by atoms with Gasteiger partial charge < -0.3 is 10.2 Å². The van der Waals surface area contributed by atoms with E-state index in [1.165, 1.54) is 30.6 Å². The molecule has 138 valence electrons. The van der Waals surface area contributed by atoms with Crippen LogP contribution in [0.5, 0.6) is 5.88 Å². The first-order valence-electron chi connectivity index (χ1n) is 8.97. The van der Waals surface area contributed by atoms with Gasteiger partial charge in [0, 0.05) is 36.8 Å². The molecule has 1 N–H and O–H groups in total. The van der Waals surface area contributed by atoms with Crippen LogP contribution in [0.25, 0.3) is 10.8 Å². The van der Waals surface area contributed by atoms with Gasteiger partial charge in [0.2, 0.25) is 0 Å². The summed E-state index contributed by atoms with van der Waals surface area (Å²) in [5.74, 6) is 1.31. The molecule has 2 aliphatic rings. The van der Waals surface area contributed by atoms with Gasteiger partial charge in [-0.3, -0.25) is 4.89 Å². The maximum atomic E-state index is 11.8. The molecule has 0 spiro atoms. The van der Waals surface area contributed by atoms with Crippen molar-refractivity contribution in [1.82, 2.24) is 19.9 Å². The van der Waals surface area contributed by atoms with E-state index in [0.717, 1.165) is 19.3 Å². The number of nitrogens with one attached hydrogen (secondary N) is 1. The van der Waals surface area contributed by atoms with Gasteiger partial charge in [0.1, 0.15) is 5.82 Å². The molecule has 0 radical (unpaired) electrons. The molecular weight excluding hydrogens is 354 g/mol. The van der Waals surface area contributed by atoms with Crippen molar-refractivity contribution in [1.29, 1.82) is 0 Å². The Bertz CT molecular complexity index is 745. The normalized spacial score (nSPS) is 17.5. The molecule has 9 heteroatoms. The van der Waals surface area contributed by atoms with Crippen molar-refractivity contribution in [3.8, 4) is 16.7 Å². The number of thiazole rings is 1. The van der Waals surface area contributed by atoms with Crippen LogP contribution in [0.4, 0.5) is 10.6 Å². The highest BCUT2D eigenvalue weighted by Gasteiger charge is 2.23. The Morgan fingerprint density at radius 3 is 2.73 bits per heavy atom. The fourth-order valence-corrected chi connectivity index (χ4v) is 3.63. The predicted octanol–water partition coefficient (Wildman–Crippen LogP) is 3.48. The second-order valence-electron chi connectivity index (χ2n) is 6.50. The van der Waals surface area contributed by atoms with Crippen molar-refractivity contribution < 1.29 is 14.6 Å². The zero-order valence-electron chi connectivity index (χ0n) is 14.4. The van der Waals surface area contributed by atoms with Gasteiger partial charge >= 0.3 is 6.09 Å². The largest absolute Gasteiger partial charge is 0.452 e. The minimum atomic E-state index is -0.493. The second-order valence-corrected chi connectivity index (χ2v) is 7.40. The Balaban J connectivity index is 1.50. The Morgan fingerprint density at radius 2 is 2.04 bits per heavy atom. The molecule has 1 saturated carbocycles. The zero-order valence-corrected chi connectivity index (χ0v) is 15.2. The summed E-state index contributed by atoms with van der Waals surface area (Å²) in [7, 11) is 0. The van der Waals surface area contributed by atoms with E-state index >= 15 is 0 Å². The highest BCUT2D eigenvalue weighted by atomic mass is 32.1. The first-order chi connectivity index (χ1) is 12.8. The molecule has 1 aliphatic heterocycles. The number of carbonyl (C=O) groups is 1. The molecule has 1 saturated heterocycles. The lowest BCUT2D eigenvalue weighted by molar-refractivity contribution is -0.160. The maximum absolute atomic E-state index is 11.8. The lowest BCUT2D eigenvalue weighted by atomic mass is 9.95. The van der Waals surface area contributed by atoms with Crippen LogP contribution in [0, 0.1) is 0 Å². The fourth-order valence-electron chi connectivity index (χ4n) is 3.06. The predicted molar refractivity (Wildman–Crippen MR) is 96.9 cm³/mol. The number of aromatic nitrogens is 3. The molecule has 8 nitrogen and oxygen atoms in total. The van der Waals surface area contributed by atoms with E-state index in [1.54, 1.807) is 17.2 Å². The van der Waals surface area contributed by atoms with Crippen molar-refractivity contribution in [2.24, 2.45) is 0 Å². The number of likely N-dealkylation sites (tertiary alicyclic amines) is 1. The zero-order chi connectivity index (χ0) is 17.8. The van der Waals surface area contributed by atoms with Gasteiger partial charge in [0.05, 0.1) is 0 Å². The third-order valence-electron chi connectivity index (χ3n) is 4.60. The Hall–Kier alpha value is -2.42. The number of carbonyl (C=O) groups excluding carboxylic acids is 1. The first kappa shape index (κ1) is 17.0. The van der Waals surface area contributed by atoms with Crippen LogP contribution in [0.3, 0.4) is 0 Å². The van der Waals surface area contributed by atoms with E-state index < -0.39 is 6.09 Å². The molecule has 0 bridgehead atoms. The topological polar surface area (TPSA) is 89.5 Å². The third kappa shape index (κ3) is 4.04. The number of nitrogens with zero attached hydrogens (tertiary/aromatic N) is 4. The van der Waals surface area contributed by atoms with Gasteiger partial charge in [0.15, 0.2) is 10.8 Å². The number of anilines is 1. The average Bonchev–Trinajstić information content (AvgIpc) is 3.14. The van der Waals surface area contributed by atoms with Gasteiger partial charge in [-0.1, -0.05) is 19.3 Å². The van der Waals surface area contributed by atoms with Gasteiger partial charge in [-0.25, -0.2) is 19.7 Å². The van der Waals surface area contributed by atoms with Crippen LogP contribution in [-0.2, 0) is 4.89 Å². The van der Waals surface area contributed by atoms with E-state index in [0.29, 0.717) is 35.8 Å². The third-order valence-corrected chi connectivity index (χ3v) is 5.37. The van der Waals surface area contributed by atoms with E-state index in [-0.39, 0.29) is 5.88 Å². The van der Waals surface area contributed by atoms with E-state index in [9.17, 15) is 4.79 Å². The molecule has 0 unspecified atom stereocenters. The Labute approximate surface area is 155 Å². The van der Waals surface area contributed by atoms with E-state index in [1.807, 2.05) is 5.38 Å².